The quantitative estimate of drug-likeness (QED) is 0.324. The number of H-pyrrole nitrogens is 1. The minimum atomic E-state index is -4.22. The lowest BCUT2D eigenvalue weighted by atomic mass is 10.0. The van der Waals surface area contributed by atoms with E-state index in [0.717, 1.165) is 23.7 Å². The Balaban J connectivity index is 1.31. The molecule has 0 aliphatic carbocycles. The summed E-state index contributed by atoms with van der Waals surface area (Å²) in [6.07, 6.45) is 3.41. The monoisotopic (exact) mass is 541 g/mol. The number of aromatic amines is 1. The lowest BCUT2D eigenvalue weighted by Crippen LogP contribution is -2.30. The van der Waals surface area contributed by atoms with E-state index in [4.69, 9.17) is 25.8 Å². The predicted octanol–water partition coefficient (Wildman–Crippen LogP) is 4.93. The molecule has 9 nitrogen and oxygen atoms in total. The summed E-state index contributed by atoms with van der Waals surface area (Å²) >= 11 is 6.31. The van der Waals surface area contributed by atoms with Gasteiger partial charge >= 0.3 is 0 Å². The van der Waals surface area contributed by atoms with E-state index in [1.807, 2.05) is 6.07 Å². The zero-order chi connectivity index (χ0) is 25.8. The van der Waals surface area contributed by atoms with Crippen LogP contribution in [0.4, 0.5) is 0 Å². The molecule has 1 aromatic heterocycles. The van der Waals surface area contributed by atoms with Crippen LogP contribution in [0, 0.1) is 5.92 Å². The zero-order valence-corrected chi connectivity index (χ0v) is 21.2. The van der Waals surface area contributed by atoms with Crippen molar-refractivity contribution >= 4 is 38.4 Å². The van der Waals surface area contributed by atoms with Gasteiger partial charge in [-0.2, -0.15) is 5.10 Å². The maximum Gasteiger partial charge on any atom is 0.268 e. The van der Waals surface area contributed by atoms with E-state index in [2.05, 4.69) is 14.9 Å². The van der Waals surface area contributed by atoms with Crippen LogP contribution in [-0.4, -0.2) is 44.3 Å². The number of ether oxygens (including phenoxy) is 3. The van der Waals surface area contributed by atoms with E-state index >= 15 is 0 Å². The van der Waals surface area contributed by atoms with Crippen LogP contribution in [-0.2, 0) is 14.8 Å². The van der Waals surface area contributed by atoms with Gasteiger partial charge in [-0.3, -0.25) is 9.89 Å². The first-order chi connectivity index (χ1) is 17.9. The van der Waals surface area contributed by atoms with Crippen molar-refractivity contribution in [2.75, 3.05) is 19.8 Å². The first kappa shape index (κ1) is 25.1. The summed E-state index contributed by atoms with van der Waals surface area (Å²) < 4.78 is 45.2. The van der Waals surface area contributed by atoms with Crippen LogP contribution in [0.25, 0.3) is 10.9 Å². The van der Waals surface area contributed by atoms with Gasteiger partial charge in [0.2, 0.25) is 0 Å². The topological polar surface area (TPSA) is 120 Å². The fourth-order valence-electron chi connectivity index (χ4n) is 4.01. The second-order valence-corrected chi connectivity index (χ2v) is 10.7. The Bertz CT molecular complexity index is 1530. The molecule has 0 atom stereocenters. The highest BCUT2D eigenvalue weighted by atomic mass is 35.5. The predicted molar refractivity (Wildman–Crippen MR) is 138 cm³/mol. The smallest absolute Gasteiger partial charge is 0.268 e. The minimum absolute atomic E-state index is 0.0501. The summed E-state index contributed by atoms with van der Waals surface area (Å²) in [6, 6.07) is 15.8. The van der Waals surface area contributed by atoms with E-state index in [1.54, 1.807) is 36.5 Å². The Hall–Kier alpha value is -3.60. The molecule has 1 amide bonds. The van der Waals surface area contributed by atoms with Crippen LogP contribution >= 0.6 is 11.6 Å². The molecule has 1 fully saturated rings. The number of amides is 1. The molecule has 1 aliphatic rings. The molecule has 0 radical (unpaired) electrons. The fourth-order valence-corrected chi connectivity index (χ4v) is 5.31. The molecule has 5 rings (SSSR count). The second-order valence-electron chi connectivity index (χ2n) is 8.58. The first-order valence-electron chi connectivity index (χ1n) is 11.7. The molecule has 4 aromatic rings. The number of hydrogen-bond donors (Lipinski definition) is 2. The molecule has 3 aromatic carbocycles. The van der Waals surface area contributed by atoms with Crippen LogP contribution in [0.3, 0.4) is 0 Å². The van der Waals surface area contributed by atoms with Gasteiger partial charge in [0.15, 0.2) is 0 Å². The largest absolute Gasteiger partial charge is 0.492 e. The van der Waals surface area contributed by atoms with Crippen molar-refractivity contribution in [3.63, 3.8) is 0 Å². The molecule has 11 heteroatoms. The van der Waals surface area contributed by atoms with E-state index in [1.165, 1.54) is 24.3 Å². The molecule has 37 heavy (non-hydrogen) atoms. The van der Waals surface area contributed by atoms with Crippen LogP contribution in [0.15, 0.2) is 71.8 Å². The number of carbonyl (C=O) groups excluding carboxylic acids is 1. The van der Waals surface area contributed by atoms with Crippen molar-refractivity contribution in [3.8, 4) is 17.2 Å². The van der Waals surface area contributed by atoms with Crippen LogP contribution in [0.2, 0.25) is 5.02 Å². The summed E-state index contributed by atoms with van der Waals surface area (Å²) in [5, 5.41) is 7.71. The summed E-state index contributed by atoms with van der Waals surface area (Å²) in [7, 11) is -4.22. The SMILES string of the molecule is O=C(NS(=O)(=O)c1ccc(OCC2CCOCC2)c(Cl)c1)c1ccccc1Oc1cccc2[nH]ncc12. The fraction of sp³-hybridized carbons (Fsp3) is 0.231. The van der Waals surface area contributed by atoms with Gasteiger partial charge < -0.3 is 14.2 Å². The van der Waals surface area contributed by atoms with Gasteiger partial charge in [0, 0.05) is 13.2 Å². The number of nitrogens with one attached hydrogen (secondary N) is 2. The van der Waals surface area contributed by atoms with Crippen molar-refractivity contribution in [1.82, 2.24) is 14.9 Å². The molecule has 0 unspecified atom stereocenters. The number of benzene rings is 3. The molecule has 2 heterocycles. The van der Waals surface area contributed by atoms with Crippen LogP contribution in [0.5, 0.6) is 17.2 Å². The summed E-state index contributed by atoms with van der Waals surface area (Å²) in [5.41, 5.74) is 0.813. The van der Waals surface area contributed by atoms with E-state index < -0.39 is 15.9 Å². The molecule has 192 valence electrons. The third kappa shape index (κ3) is 5.71. The number of halogens is 1. The third-order valence-corrected chi connectivity index (χ3v) is 7.68. The van der Waals surface area contributed by atoms with E-state index in [0.29, 0.717) is 37.2 Å². The van der Waals surface area contributed by atoms with Gasteiger partial charge in [0.25, 0.3) is 15.9 Å². The highest BCUT2D eigenvalue weighted by Gasteiger charge is 2.23. The Kier molecular flexibility index (Phi) is 7.31. The van der Waals surface area contributed by atoms with Crippen LogP contribution in [0.1, 0.15) is 23.2 Å². The summed E-state index contributed by atoms with van der Waals surface area (Å²) in [4.78, 5) is 12.9. The standard InChI is InChI=1S/C26H24ClN3O6S/c27-21-14-18(8-9-25(21)35-16-17-10-12-34-13-11-17)37(32,33)30-26(31)19-4-1-2-6-23(19)36-24-7-3-5-22-20(24)15-28-29-22/h1-9,14-15,17H,10-13,16H2,(H,28,29)(H,30,31). The number of aromatic nitrogens is 2. The van der Waals surface area contributed by atoms with Gasteiger partial charge in [0.05, 0.1) is 39.2 Å². The number of carbonyl (C=O) groups is 1. The van der Waals surface area contributed by atoms with Gasteiger partial charge in [-0.05, 0) is 61.2 Å². The van der Waals surface area contributed by atoms with Crippen molar-refractivity contribution in [2.45, 2.75) is 17.7 Å². The average molecular weight is 542 g/mol. The Morgan fingerprint density at radius 1 is 1.05 bits per heavy atom. The second kappa shape index (κ2) is 10.8. The highest BCUT2D eigenvalue weighted by Crippen LogP contribution is 2.32. The lowest BCUT2D eigenvalue weighted by Gasteiger charge is -2.22. The number of para-hydroxylation sites is 1. The van der Waals surface area contributed by atoms with Crippen molar-refractivity contribution in [1.29, 1.82) is 0 Å². The average Bonchev–Trinajstić information content (AvgIpc) is 3.39. The maximum atomic E-state index is 13.0. The Labute approximate surface area is 218 Å². The Morgan fingerprint density at radius 2 is 1.84 bits per heavy atom. The number of nitrogens with zero attached hydrogens (tertiary/aromatic N) is 1. The zero-order valence-electron chi connectivity index (χ0n) is 19.6. The third-order valence-electron chi connectivity index (χ3n) is 6.05. The van der Waals surface area contributed by atoms with Crippen molar-refractivity contribution in [3.05, 3.63) is 77.4 Å². The van der Waals surface area contributed by atoms with Crippen LogP contribution < -0.4 is 14.2 Å². The van der Waals surface area contributed by atoms with Gasteiger partial charge in [-0.1, -0.05) is 29.8 Å². The van der Waals surface area contributed by atoms with Gasteiger partial charge in [-0.25, -0.2) is 13.1 Å². The number of fused-ring (bicyclic) bond motifs is 1. The molecular formula is C26H24ClN3O6S. The number of hydrogen-bond acceptors (Lipinski definition) is 7. The highest BCUT2D eigenvalue weighted by molar-refractivity contribution is 7.90. The summed E-state index contributed by atoms with van der Waals surface area (Å²) in [5.74, 6) is 0.558. The normalized spacial score (nSPS) is 14.4. The van der Waals surface area contributed by atoms with Gasteiger partial charge in [0.1, 0.15) is 17.2 Å². The maximum absolute atomic E-state index is 13.0. The Morgan fingerprint density at radius 3 is 2.65 bits per heavy atom. The van der Waals surface area contributed by atoms with Crippen molar-refractivity contribution < 1.29 is 27.4 Å². The summed E-state index contributed by atoms with van der Waals surface area (Å²) in [6.45, 7) is 1.87. The molecular weight excluding hydrogens is 518 g/mol. The van der Waals surface area contributed by atoms with E-state index in [-0.39, 0.29) is 21.2 Å². The number of sulfonamides is 1. The van der Waals surface area contributed by atoms with Gasteiger partial charge in [-0.15, -0.1) is 0 Å². The molecule has 1 aliphatic heterocycles. The molecule has 0 saturated carbocycles. The lowest BCUT2D eigenvalue weighted by molar-refractivity contribution is 0.0497. The van der Waals surface area contributed by atoms with E-state index in [9.17, 15) is 13.2 Å². The number of rotatable bonds is 8. The molecule has 2 N–H and O–H groups in total. The molecule has 1 saturated heterocycles. The first-order valence-corrected chi connectivity index (χ1v) is 13.5. The van der Waals surface area contributed by atoms with Crippen molar-refractivity contribution in [2.24, 2.45) is 5.92 Å². The molecule has 0 bridgehead atoms. The molecule has 0 spiro atoms. The minimum Gasteiger partial charge on any atom is -0.492 e.